The second-order valence-corrected chi connectivity index (χ2v) is 8.04. The minimum Gasteiger partial charge on any atom is -0.340 e. The van der Waals surface area contributed by atoms with Crippen LogP contribution in [0.4, 0.5) is 21.8 Å². The molecule has 27 heavy (non-hydrogen) atoms. The van der Waals surface area contributed by atoms with E-state index in [0.717, 1.165) is 47.2 Å². The average molecular weight is 383 g/mol. The zero-order valence-corrected chi connectivity index (χ0v) is 16.8. The molecule has 3 heterocycles. The molecule has 0 aliphatic carbocycles. The lowest BCUT2D eigenvalue weighted by molar-refractivity contribution is 0.618. The lowest BCUT2D eigenvalue weighted by atomic mass is 10.0. The van der Waals surface area contributed by atoms with Crippen LogP contribution in [0, 0.1) is 26.6 Å². The molecule has 6 heteroatoms. The van der Waals surface area contributed by atoms with Gasteiger partial charge in [-0.25, -0.2) is 9.37 Å². The molecule has 4 rings (SSSR count). The normalized spacial score (nSPS) is 16.3. The van der Waals surface area contributed by atoms with E-state index >= 15 is 0 Å². The van der Waals surface area contributed by atoms with E-state index in [2.05, 4.69) is 28.6 Å². The van der Waals surface area contributed by atoms with Crippen LogP contribution in [0.25, 0.3) is 0 Å². The van der Waals surface area contributed by atoms with Gasteiger partial charge in [0.05, 0.1) is 6.04 Å². The van der Waals surface area contributed by atoms with Crippen LogP contribution < -0.4 is 10.2 Å². The van der Waals surface area contributed by atoms with Crippen molar-refractivity contribution < 1.29 is 4.39 Å². The van der Waals surface area contributed by atoms with Gasteiger partial charge < -0.3 is 10.2 Å². The van der Waals surface area contributed by atoms with E-state index in [1.165, 1.54) is 22.6 Å². The molecule has 3 aromatic rings. The minimum absolute atomic E-state index is 0.233. The van der Waals surface area contributed by atoms with Crippen LogP contribution in [-0.4, -0.2) is 16.5 Å². The van der Waals surface area contributed by atoms with E-state index in [-0.39, 0.29) is 11.9 Å². The molecule has 1 aromatic carbocycles. The zero-order valence-electron chi connectivity index (χ0n) is 16.0. The van der Waals surface area contributed by atoms with Gasteiger partial charge in [0.15, 0.2) is 0 Å². The van der Waals surface area contributed by atoms with Gasteiger partial charge in [0, 0.05) is 28.4 Å². The highest BCUT2D eigenvalue weighted by atomic mass is 32.1. The number of benzene rings is 1. The van der Waals surface area contributed by atoms with Crippen molar-refractivity contribution in [1.29, 1.82) is 0 Å². The first-order valence-electron chi connectivity index (χ1n) is 9.15. The summed E-state index contributed by atoms with van der Waals surface area (Å²) in [7, 11) is 0. The topological polar surface area (TPSA) is 41.1 Å². The lowest BCUT2D eigenvalue weighted by Gasteiger charge is -2.34. The van der Waals surface area contributed by atoms with E-state index in [0.29, 0.717) is 0 Å². The third kappa shape index (κ3) is 3.30. The molecule has 0 spiro atoms. The third-order valence-corrected chi connectivity index (χ3v) is 6.45. The Morgan fingerprint density at radius 2 is 2.00 bits per heavy atom. The highest BCUT2D eigenvalue weighted by Crippen LogP contribution is 2.36. The summed E-state index contributed by atoms with van der Waals surface area (Å²) in [5, 5.41) is 5.54. The number of rotatable bonds is 3. The van der Waals surface area contributed by atoms with Gasteiger partial charge in [-0.15, -0.1) is 11.3 Å². The summed E-state index contributed by atoms with van der Waals surface area (Å²) in [5.74, 6) is 1.28. The predicted molar refractivity (Wildman–Crippen MR) is 110 cm³/mol. The molecule has 1 N–H and O–H groups in total. The number of nitrogens with zero attached hydrogens (tertiary/aromatic N) is 3. The Morgan fingerprint density at radius 1 is 1.19 bits per heavy atom. The van der Waals surface area contributed by atoms with Crippen molar-refractivity contribution in [3.05, 3.63) is 62.7 Å². The molecule has 1 atom stereocenters. The van der Waals surface area contributed by atoms with E-state index in [9.17, 15) is 4.39 Å². The average Bonchev–Trinajstić information content (AvgIpc) is 3.11. The second kappa shape index (κ2) is 6.93. The molecular weight excluding hydrogens is 359 g/mol. The smallest absolute Gasteiger partial charge is 0.228 e. The number of fused-ring (bicyclic) bond motifs is 1. The van der Waals surface area contributed by atoms with Gasteiger partial charge in [0.2, 0.25) is 5.95 Å². The summed E-state index contributed by atoms with van der Waals surface area (Å²) < 4.78 is 13.4. The van der Waals surface area contributed by atoms with E-state index in [1.54, 1.807) is 17.4 Å². The Labute approximate surface area is 163 Å². The molecule has 0 fully saturated rings. The standard InChI is InChI=1S/C21H23FN4S/c1-12-11-17(22)5-6-18(12)24-20-13(2)14(3)23-21(25-20)26-9-7-16-8-10-27-19(16)15(26)4/h5-6,8,10-11,15H,7,9H2,1-4H3,(H,23,24,25). The minimum atomic E-state index is -0.233. The SMILES string of the molecule is Cc1cc(F)ccc1Nc1nc(N2CCc3ccsc3C2C)nc(C)c1C. The van der Waals surface area contributed by atoms with Crippen LogP contribution >= 0.6 is 11.3 Å². The first-order valence-corrected chi connectivity index (χ1v) is 10.0. The van der Waals surface area contributed by atoms with Crippen LogP contribution in [-0.2, 0) is 6.42 Å². The zero-order chi connectivity index (χ0) is 19.1. The first kappa shape index (κ1) is 17.9. The second-order valence-electron chi connectivity index (χ2n) is 7.10. The summed E-state index contributed by atoms with van der Waals surface area (Å²) in [6.07, 6.45) is 1.01. The van der Waals surface area contributed by atoms with E-state index in [1.807, 2.05) is 20.8 Å². The number of thiophene rings is 1. The molecule has 0 saturated heterocycles. The fraction of sp³-hybridized carbons (Fsp3) is 0.333. The molecule has 0 bridgehead atoms. The van der Waals surface area contributed by atoms with Crippen LogP contribution in [0.3, 0.4) is 0 Å². The van der Waals surface area contributed by atoms with Crippen LogP contribution in [0.15, 0.2) is 29.6 Å². The van der Waals surface area contributed by atoms with Crippen LogP contribution in [0.5, 0.6) is 0 Å². The number of aromatic nitrogens is 2. The van der Waals surface area contributed by atoms with Crippen molar-refractivity contribution in [2.24, 2.45) is 0 Å². The van der Waals surface area contributed by atoms with Crippen molar-refractivity contribution in [1.82, 2.24) is 9.97 Å². The fourth-order valence-electron chi connectivity index (χ4n) is 3.53. The van der Waals surface area contributed by atoms with Gasteiger partial charge in [-0.1, -0.05) is 0 Å². The molecule has 0 amide bonds. The largest absolute Gasteiger partial charge is 0.340 e. The predicted octanol–water partition coefficient (Wildman–Crippen LogP) is 5.47. The molecular formula is C21H23FN4S. The Balaban J connectivity index is 1.69. The van der Waals surface area contributed by atoms with Gasteiger partial charge >= 0.3 is 0 Å². The van der Waals surface area contributed by atoms with E-state index < -0.39 is 0 Å². The van der Waals surface area contributed by atoms with Gasteiger partial charge in [-0.3, -0.25) is 0 Å². The Morgan fingerprint density at radius 3 is 2.78 bits per heavy atom. The number of anilines is 3. The number of aryl methyl sites for hydroxylation is 2. The monoisotopic (exact) mass is 382 g/mol. The maximum atomic E-state index is 13.4. The molecule has 1 unspecified atom stereocenters. The molecule has 0 saturated carbocycles. The van der Waals surface area contributed by atoms with Crippen LogP contribution in [0.2, 0.25) is 0 Å². The molecule has 2 aromatic heterocycles. The third-order valence-electron chi connectivity index (χ3n) is 5.33. The summed E-state index contributed by atoms with van der Waals surface area (Å²) in [5.41, 5.74) is 5.10. The van der Waals surface area contributed by atoms with Crippen LogP contribution in [0.1, 0.15) is 40.2 Å². The molecule has 1 aliphatic heterocycles. The summed E-state index contributed by atoms with van der Waals surface area (Å²) in [6, 6.07) is 7.22. The lowest BCUT2D eigenvalue weighted by Crippen LogP contribution is -2.34. The molecule has 1 aliphatic rings. The van der Waals surface area contributed by atoms with Crippen molar-refractivity contribution in [3.63, 3.8) is 0 Å². The number of hydrogen-bond donors (Lipinski definition) is 1. The summed E-state index contributed by atoms with van der Waals surface area (Å²) in [4.78, 5) is 13.3. The van der Waals surface area contributed by atoms with Gasteiger partial charge in [0.1, 0.15) is 11.6 Å². The van der Waals surface area contributed by atoms with Crippen molar-refractivity contribution >= 4 is 28.8 Å². The van der Waals surface area contributed by atoms with Gasteiger partial charge in [0.25, 0.3) is 0 Å². The molecule has 0 radical (unpaired) electrons. The Bertz CT molecular complexity index is 998. The number of halogens is 1. The maximum absolute atomic E-state index is 13.4. The van der Waals surface area contributed by atoms with Gasteiger partial charge in [-0.2, -0.15) is 4.98 Å². The van der Waals surface area contributed by atoms with Crippen molar-refractivity contribution in [2.45, 2.75) is 40.2 Å². The summed E-state index contributed by atoms with van der Waals surface area (Å²) in [6.45, 7) is 9.03. The number of nitrogens with one attached hydrogen (secondary N) is 1. The maximum Gasteiger partial charge on any atom is 0.228 e. The molecule has 4 nitrogen and oxygen atoms in total. The quantitative estimate of drug-likeness (QED) is 0.652. The van der Waals surface area contributed by atoms with Crippen molar-refractivity contribution in [3.8, 4) is 0 Å². The van der Waals surface area contributed by atoms with Gasteiger partial charge in [-0.05, 0) is 74.9 Å². The number of hydrogen-bond acceptors (Lipinski definition) is 5. The summed E-state index contributed by atoms with van der Waals surface area (Å²) >= 11 is 1.80. The van der Waals surface area contributed by atoms with E-state index in [4.69, 9.17) is 9.97 Å². The molecule has 140 valence electrons. The highest BCUT2D eigenvalue weighted by Gasteiger charge is 2.27. The fourth-order valence-corrected chi connectivity index (χ4v) is 4.55. The Kier molecular flexibility index (Phi) is 4.60. The van der Waals surface area contributed by atoms with Crippen molar-refractivity contribution in [2.75, 3.05) is 16.8 Å². The first-order chi connectivity index (χ1) is 12.9. The highest BCUT2D eigenvalue weighted by molar-refractivity contribution is 7.10. The Hall–Kier alpha value is -2.47.